The number of alkyl halides is 3. The maximum absolute atomic E-state index is 11.6. The second-order valence-electron chi connectivity index (χ2n) is 6.63. The average molecular weight is 422 g/mol. The summed E-state index contributed by atoms with van der Waals surface area (Å²) in [6.07, 6.45) is -0.360. The molecule has 0 bridgehead atoms. The van der Waals surface area contributed by atoms with E-state index in [9.17, 15) is 18.0 Å². The predicted molar refractivity (Wildman–Crippen MR) is 96.2 cm³/mol. The molecule has 0 aliphatic carbocycles. The van der Waals surface area contributed by atoms with Gasteiger partial charge in [0.2, 0.25) is 11.9 Å². The van der Waals surface area contributed by atoms with Crippen molar-refractivity contribution in [2.24, 2.45) is 0 Å². The Kier molecular flexibility index (Phi) is 7.10. The number of hydrogen-bond donors (Lipinski definition) is 1. The summed E-state index contributed by atoms with van der Waals surface area (Å²) in [7, 11) is 3.50. The van der Waals surface area contributed by atoms with Gasteiger partial charge in [0.25, 0.3) is 0 Å². The molecule has 12 heteroatoms. The van der Waals surface area contributed by atoms with Crippen LogP contribution in [-0.2, 0) is 14.3 Å². The summed E-state index contributed by atoms with van der Waals surface area (Å²) in [6, 6.07) is 1.83. The molecule has 0 radical (unpaired) electrons. The molecular formula is C16H21F3N4O4S. The molecule has 2 aliphatic heterocycles. The fraction of sp³-hybridized carbons (Fsp3) is 0.625. The Labute approximate surface area is 164 Å². The van der Waals surface area contributed by atoms with Crippen molar-refractivity contribution in [3.8, 4) is 0 Å². The van der Waals surface area contributed by atoms with Gasteiger partial charge < -0.3 is 19.6 Å². The van der Waals surface area contributed by atoms with Gasteiger partial charge in [-0.25, -0.2) is 14.8 Å². The van der Waals surface area contributed by atoms with Crippen molar-refractivity contribution in [1.29, 1.82) is 0 Å². The van der Waals surface area contributed by atoms with Gasteiger partial charge in [0.05, 0.1) is 10.9 Å². The highest BCUT2D eigenvalue weighted by atomic mass is 32.2. The van der Waals surface area contributed by atoms with Crippen LogP contribution in [0.25, 0.3) is 0 Å². The second kappa shape index (κ2) is 8.95. The Morgan fingerprint density at radius 1 is 1.36 bits per heavy atom. The smallest absolute Gasteiger partial charge is 0.475 e. The van der Waals surface area contributed by atoms with E-state index in [4.69, 9.17) is 14.6 Å². The van der Waals surface area contributed by atoms with Crippen molar-refractivity contribution < 1.29 is 32.6 Å². The number of nitrogens with zero attached hydrogens (tertiary/aromatic N) is 4. The van der Waals surface area contributed by atoms with Crippen LogP contribution in [-0.4, -0.2) is 88.4 Å². The van der Waals surface area contributed by atoms with Crippen LogP contribution in [0.1, 0.15) is 6.42 Å². The largest absolute Gasteiger partial charge is 0.490 e. The molecule has 1 spiro atoms. The van der Waals surface area contributed by atoms with Gasteiger partial charge in [-0.3, -0.25) is 4.79 Å². The lowest BCUT2D eigenvalue weighted by Crippen LogP contribution is -2.59. The van der Waals surface area contributed by atoms with E-state index < -0.39 is 12.1 Å². The molecule has 2 saturated heterocycles. The molecule has 2 fully saturated rings. The summed E-state index contributed by atoms with van der Waals surface area (Å²) >= 11 is 1.95. The maximum Gasteiger partial charge on any atom is 0.490 e. The highest BCUT2D eigenvalue weighted by molar-refractivity contribution is 8.01. The number of carboxylic acid groups (broad SMARTS) is 1. The summed E-state index contributed by atoms with van der Waals surface area (Å²) in [6.45, 7) is 2.10. The number of hydrogen-bond acceptors (Lipinski definition) is 7. The Hall–Kier alpha value is -2.08. The molecule has 3 rings (SSSR count). The minimum atomic E-state index is -5.08. The van der Waals surface area contributed by atoms with Gasteiger partial charge in [0.15, 0.2) is 0 Å². The molecule has 1 aromatic heterocycles. The van der Waals surface area contributed by atoms with Gasteiger partial charge in [0.1, 0.15) is 6.61 Å². The van der Waals surface area contributed by atoms with Gasteiger partial charge in [0, 0.05) is 45.3 Å². The number of thioether (sulfide) groups is 1. The highest BCUT2D eigenvalue weighted by Gasteiger charge is 2.50. The van der Waals surface area contributed by atoms with Crippen molar-refractivity contribution in [2.45, 2.75) is 23.4 Å². The molecule has 1 unspecified atom stereocenters. The normalized spacial score (nSPS) is 20.2. The number of likely N-dealkylation sites (N-methyl/N-ethyl adjacent to an activating group) is 1. The van der Waals surface area contributed by atoms with Crippen LogP contribution in [0.4, 0.5) is 19.1 Å². The number of carbonyl (C=O) groups excluding carboxylic acids is 1. The first kappa shape index (κ1) is 22.2. The highest BCUT2D eigenvalue weighted by Crippen LogP contribution is 2.46. The minimum absolute atomic E-state index is 0.0221. The molecule has 2 aliphatic rings. The zero-order chi connectivity index (χ0) is 20.9. The van der Waals surface area contributed by atoms with E-state index in [2.05, 4.69) is 14.9 Å². The van der Waals surface area contributed by atoms with Crippen LogP contribution in [0.3, 0.4) is 0 Å². The number of anilines is 1. The van der Waals surface area contributed by atoms with E-state index in [0.29, 0.717) is 0 Å². The number of aliphatic carboxylic acids is 1. The first-order valence-corrected chi connectivity index (χ1v) is 9.29. The van der Waals surface area contributed by atoms with Crippen molar-refractivity contribution in [3.63, 3.8) is 0 Å². The summed E-state index contributed by atoms with van der Waals surface area (Å²) in [4.78, 5) is 32.8. The average Bonchev–Trinajstić information content (AvgIpc) is 3.03. The van der Waals surface area contributed by atoms with E-state index in [1.165, 1.54) is 0 Å². The summed E-state index contributed by atoms with van der Waals surface area (Å²) in [5, 5.41) is 7.12. The Bertz CT molecular complexity index is 684. The predicted octanol–water partition coefficient (Wildman–Crippen LogP) is 1.28. The summed E-state index contributed by atoms with van der Waals surface area (Å²) in [5.41, 5.74) is 0. The van der Waals surface area contributed by atoms with Gasteiger partial charge in [-0.1, -0.05) is 0 Å². The van der Waals surface area contributed by atoms with Gasteiger partial charge >= 0.3 is 12.1 Å². The van der Waals surface area contributed by atoms with Crippen LogP contribution < -0.4 is 4.90 Å². The minimum Gasteiger partial charge on any atom is -0.475 e. The second-order valence-corrected chi connectivity index (χ2v) is 8.12. The molecule has 156 valence electrons. The lowest BCUT2D eigenvalue weighted by atomic mass is 9.93. The third-order valence-corrected chi connectivity index (χ3v) is 5.73. The first-order chi connectivity index (χ1) is 13.0. The lowest BCUT2D eigenvalue weighted by Gasteiger charge is -2.47. The summed E-state index contributed by atoms with van der Waals surface area (Å²) in [5.74, 6) is -0.971. The molecular weight excluding hydrogens is 401 g/mol. The molecule has 28 heavy (non-hydrogen) atoms. The fourth-order valence-electron chi connectivity index (χ4n) is 2.69. The van der Waals surface area contributed by atoms with Gasteiger partial charge in [-0.15, -0.1) is 11.8 Å². The zero-order valence-corrected chi connectivity index (χ0v) is 16.2. The van der Waals surface area contributed by atoms with E-state index >= 15 is 0 Å². The third-order valence-electron chi connectivity index (χ3n) is 4.15. The van der Waals surface area contributed by atoms with Crippen molar-refractivity contribution in [3.05, 3.63) is 18.5 Å². The molecule has 3 heterocycles. The Balaban J connectivity index is 0.000000345. The standard InChI is InChI=1S/C14H20N4O2S.C2HF3O2/c1-17(2)12(19)7-20-11-6-14(21-8-11)9-18(10-14)13-15-4-3-5-16-13;3-2(4,5)1(6)7/h3-5,11H,6-10H2,1-2H3;(H,6,7). The van der Waals surface area contributed by atoms with E-state index in [-0.39, 0.29) is 23.4 Å². The number of carboxylic acids is 1. The number of amides is 1. The summed E-state index contributed by atoms with van der Waals surface area (Å²) < 4.78 is 37.7. The van der Waals surface area contributed by atoms with Crippen molar-refractivity contribution in [1.82, 2.24) is 14.9 Å². The van der Waals surface area contributed by atoms with E-state index in [0.717, 1.165) is 31.2 Å². The maximum atomic E-state index is 11.6. The SMILES string of the molecule is CN(C)C(=O)COC1CSC2(C1)CN(c1ncccn1)C2.O=C(O)C(F)(F)F. The van der Waals surface area contributed by atoms with Crippen LogP contribution in [0, 0.1) is 0 Å². The monoisotopic (exact) mass is 422 g/mol. The Morgan fingerprint density at radius 3 is 2.43 bits per heavy atom. The lowest BCUT2D eigenvalue weighted by molar-refractivity contribution is -0.192. The number of carbonyl (C=O) groups is 2. The number of aromatic nitrogens is 2. The number of ether oxygens (including phenoxy) is 1. The third kappa shape index (κ3) is 5.96. The van der Waals surface area contributed by atoms with Crippen molar-refractivity contribution in [2.75, 3.05) is 44.4 Å². The van der Waals surface area contributed by atoms with Crippen molar-refractivity contribution >= 4 is 29.6 Å². The van der Waals surface area contributed by atoms with Gasteiger partial charge in [-0.05, 0) is 12.5 Å². The topological polar surface area (TPSA) is 95.9 Å². The van der Waals surface area contributed by atoms with Gasteiger partial charge in [-0.2, -0.15) is 13.2 Å². The molecule has 0 aromatic carbocycles. The van der Waals surface area contributed by atoms with E-state index in [1.54, 1.807) is 31.4 Å². The Morgan fingerprint density at radius 2 is 1.93 bits per heavy atom. The molecule has 1 aromatic rings. The van der Waals surface area contributed by atoms with Crippen LogP contribution in [0.15, 0.2) is 18.5 Å². The molecule has 8 nitrogen and oxygen atoms in total. The number of halogens is 3. The first-order valence-electron chi connectivity index (χ1n) is 8.30. The van der Waals surface area contributed by atoms with Crippen LogP contribution in [0.5, 0.6) is 0 Å². The van der Waals surface area contributed by atoms with Crippen LogP contribution in [0.2, 0.25) is 0 Å². The fourth-order valence-corrected chi connectivity index (χ4v) is 4.24. The van der Waals surface area contributed by atoms with E-state index in [1.807, 2.05) is 17.8 Å². The zero-order valence-electron chi connectivity index (χ0n) is 15.3. The van der Waals surface area contributed by atoms with Crippen LogP contribution >= 0.6 is 11.8 Å². The quantitative estimate of drug-likeness (QED) is 0.775. The molecule has 1 amide bonds. The molecule has 0 saturated carbocycles. The molecule has 1 N–H and O–H groups in total. The number of rotatable bonds is 4. The molecule has 1 atom stereocenters.